The van der Waals surface area contributed by atoms with E-state index in [0.29, 0.717) is 6.04 Å². The second-order valence-corrected chi connectivity index (χ2v) is 4.31. The van der Waals surface area contributed by atoms with Crippen LogP contribution in [0.15, 0.2) is 17.1 Å². The average molecular weight is 218 g/mol. The van der Waals surface area contributed by atoms with Gasteiger partial charge in [0.25, 0.3) is 0 Å². The van der Waals surface area contributed by atoms with Gasteiger partial charge in [0.2, 0.25) is 0 Å². The molecule has 0 aliphatic heterocycles. The monoisotopic (exact) mass is 218 g/mol. The number of aryl methyl sites for hydroxylation is 2. The zero-order chi connectivity index (χ0) is 12.1. The van der Waals surface area contributed by atoms with Crippen molar-refractivity contribution in [1.29, 1.82) is 0 Å². The fourth-order valence-electron chi connectivity index (χ4n) is 1.66. The van der Waals surface area contributed by atoms with Crippen LogP contribution in [0.1, 0.15) is 43.4 Å². The SMILES string of the molecule is CCC(CC)N=Cc1cc(C)c(C)cc1N. The third kappa shape index (κ3) is 3.09. The van der Waals surface area contributed by atoms with E-state index in [9.17, 15) is 0 Å². The third-order valence-electron chi connectivity index (χ3n) is 3.07. The molecule has 1 rings (SSSR count). The number of rotatable bonds is 4. The molecule has 0 fully saturated rings. The second-order valence-electron chi connectivity index (χ2n) is 4.31. The first-order valence-electron chi connectivity index (χ1n) is 5.98. The van der Waals surface area contributed by atoms with Crippen LogP contribution in [0.3, 0.4) is 0 Å². The van der Waals surface area contributed by atoms with Gasteiger partial charge in [0.05, 0.1) is 0 Å². The van der Waals surface area contributed by atoms with Crippen LogP contribution >= 0.6 is 0 Å². The first-order chi connectivity index (χ1) is 7.58. The molecule has 1 aromatic carbocycles. The molecule has 0 bridgehead atoms. The van der Waals surface area contributed by atoms with Gasteiger partial charge < -0.3 is 5.73 Å². The summed E-state index contributed by atoms with van der Waals surface area (Å²) in [4.78, 5) is 4.56. The Labute approximate surface area is 98.6 Å². The fourth-order valence-corrected chi connectivity index (χ4v) is 1.66. The van der Waals surface area contributed by atoms with Crippen molar-refractivity contribution < 1.29 is 0 Å². The minimum atomic E-state index is 0.418. The number of hydrogen-bond donors (Lipinski definition) is 1. The molecule has 0 aliphatic carbocycles. The number of nitrogens with zero attached hydrogens (tertiary/aromatic N) is 1. The van der Waals surface area contributed by atoms with Gasteiger partial charge in [-0.25, -0.2) is 0 Å². The maximum Gasteiger partial charge on any atom is 0.0494 e. The molecule has 0 unspecified atom stereocenters. The Morgan fingerprint density at radius 1 is 1.19 bits per heavy atom. The number of nitrogen functional groups attached to an aromatic ring is 1. The highest BCUT2D eigenvalue weighted by molar-refractivity contribution is 5.87. The quantitative estimate of drug-likeness (QED) is 0.609. The molecule has 1 aromatic rings. The highest BCUT2D eigenvalue weighted by Crippen LogP contribution is 2.16. The van der Waals surface area contributed by atoms with E-state index in [1.807, 2.05) is 12.3 Å². The number of anilines is 1. The Morgan fingerprint density at radius 3 is 2.31 bits per heavy atom. The Kier molecular flexibility index (Phi) is 4.53. The summed E-state index contributed by atoms with van der Waals surface area (Å²) < 4.78 is 0. The van der Waals surface area contributed by atoms with Gasteiger partial charge in [-0.15, -0.1) is 0 Å². The van der Waals surface area contributed by atoms with Gasteiger partial charge in [-0.1, -0.05) is 13.8 Å². The molecule has 0 aliphatic rings. The molecule has 0 radical (unpaired) electrons. The van der Waals surface area contributed by atoms with Gasteiger partial charge in [0, 0.05) is 23.5 Å². The Balaban J connectivity index is 2.93. The summed E-state index contributed by atoms with van der Waals surface area (Å²) >= 11 is 0. The summed E-state index contributed by atoms with van der Waals surface area (Å²) in [6.07, 6.45) is 4.08. The second kappa shape index (κ2) is 5.69. The molecule has 0 saturated carbocycles. The van der Waals surface area contributed by atoms with E-state index >= 15 is 0 Å². The normalized spacial score (nSPS) is 11.6. The van der Waals surface area contributed by atoms with E-state index < -0.39 is 0 Å². The predicted molar refractivity (Wildman–Crippen MR) is 72.3 cm³/mol. The standard InChI is InChI=1S/C14H22N2/c1-5-13(6-2)16-9-12-7-10(3)11(4)8-14(12)15/h7-9,13H,5-6,15H2,1-4H3. The lowest BCUT2D eigenvalue weighted by Gasteiger charge is -2.08. The largest absolute Gasteiger partial charge is 0.398 e. The van der Waals surface area contributed by atoms with Crippen molar-refractivity contribution in [3.63, 3.8) is 0 Å². The molecule has 0 amide bonds. The van der Waals surface area contributed by atoms with Crippen molar-refractivity contribution in [1.82, 2.24) is 0 Å². The van der Waals surface area contributed by atoms with Crippen LogP contribution in [0.25, 0.3) is 0 Å². The summed E-state index contributed by atoms with van der Waals surface area (Å²) in [6, 6.07) is 4.54. The summed E-state index contributed by atoms with van der Waals surface area (Å²) in [7, 11) is 0. The lowest BCUT2D eigenvalue weighted by molar-refractivity contribution is 0.634. The third-order valence-corrected chi connectivity index (χ3v) is 3.07. The Morgan fingerprint density at radius 2 is 1.75 bits per heavy atom. The summed E-state index contributed by atoms with van der Waals surface area (Å²) in [5, 5.41) is 0. The molecular weight excluding hydrogens is 196 g/mol. The highest BCUT2D eigenvalue weighted by Gasteiger charge is 2.02. The average Bonchev–Trinajstić information content (AvgIpc) is 2.26. The fraction of sp³-hybridized carbons (Fsp3) is 0.500. The Bertz CT molecular complexity index is 377. The van der Waals surface area contributed by atoms with Gasteiger partial charge in [-0.05, 0) is 49.9 Å². The topological polar surface area (TPSA) is 38.4 Å². The summed E-state index contributed by atoms with van der Waals surface area (Å²) in [5.41, 5.74) is 10.3. The van der Waals surface area contributed by atoms with E-state index in [0.717, 1.165) is 24.1 Å². The molecule has 2 nitrogen and oxygen atoms in total. The van der Waals surface area contributed by atoms with Crippen molar-refractivity contribution in [3.05, 3.63) is 28.8 Å². The molecular formula is C14H22N2. The van der Waals surface area contributed by atoms with Crippen LogP contribution in [0.2, 0.25) is 0 Å². The predicted octanol–water partition coefficient (Wildman–Crippen LogP) is 3.49. The number of benzene rings is 1. The number of aliphatic imine (C=N–C) groups is 1. The summed E-state index contributed by atoms with van der Waals surface area (Å²) in [6.45, 7) is 8.50. The van der Waals surface area contributed by atoms with E-state index in [1.165, 1.54) is 11.1 Å². The molecule has 0 aromatic heterocycles. The molecule has 88 valence electrons. The zero-order valence-electron chi connectivity index (χ0n) is 10.7. The van der Waals surface area contributed by atoms with Gasteiger partial charge in [-0.2, -0.15) is 0 Å². The van der Waals surface area contributed by atoms with Crippen LogP contribution in [0.4, 0.5) is 5.69 Å². The van der Waals surface area contributed by atoms with E-state index in [4.69, 9.17) is 5.73 Å². The van der Waals surface area contributed by atoms with Gasteiger partial charge in [0.1, 0.15) is 0 Å². The highest BCUT2D eigenvalue weighted by atomic mass is 14.8. The van der Waals surface area contributed by atoms with Crippen molar-refractivity contribution in [3.8, 4) is 0 Å². The van der Waals surface area contributed by atoms with Crippen LogP contribution in [0, 0.1) is 13.8 Å². The molecule has 0 heterocycles. The molecule has 2 heteroatoms. The first kappa shape index (κ1) is 12.8. The molecule has 0 spiro atoms. The molecule has 16 heavy (non-hydrogen) atoms. The van der Waals surface area contributed by atoms with Crippen LogP contribution in [-0.2, 0) is 0 Å². The van der Waals surface area contributed by atoms with Crippen molar-refractivity contribution >= 4 is 11.9 Å². The lowest BCUT2D eigenvalue weighted by Crippen LogP contribution is -2.02. The van der Waals surface area contributed by atoms with E-state index in [2.05, 4.69) is 38.8 Å². The van der Waals surface area contributed by atoms with E-state index in [1.54, 1.807) is 0 Å². The molecule has 2 N–H and O–H groups in total. The smallest absolute Gasteiger partial charge is 0.0494 e. The summed E-state index contributed by atoms with van der Waals surface area (Å²) in [5.74, 6) is 0. The first-order valence-corrected chi connectivity index (χ1v) is 5.98. The minimum Gasteiger partial charge on any atom is -0.398 e. The van der Waals surface area contributed by atoms with Gasteiger partial charge >= 0.3 is 0 Å². The Hall–Kier alpha value is -1.31. The van der Waals surface area contributed by atoms with Crippen molar-refractivity contribution in [2.24, 2.45) is 4.99 Å². The molecule has 0 saturated heterocycles. The maximum atomic E-state index is 5.97. The lowest BCUT2D eigenvalue weighted by atomic mass is 10.0. The van der Waals surface area contributed by atoms with Gasteiger partial charge in [-0.3, -0.25) is 4.99 Å². The van der Waals surface area contributed by atoms with Crippen molar-refractivity contribution in [2.75, 3.05) is 5.73 Å². The zero-order valence-corrected chi connectivity index (χ0v) is 10.7. The molecule has 0 atom stereocenters. The van der Waals surface area contributed by atoms with Gasteiger partial charge in [0.15, 0.2) is 0 Å². The van der Waals surface area contributed by atoms with Crippen LogP contribution in [-0.4, -0.2) is 12.3 Å². The van der Waals surface area contributed by atoms with Crippen LogP contribution in [0.5, 0.6) is 0 Å². The number of nitrogens with two attached hydrogens (primary N) is 1. The van der Waals surface area contributed by atoms with Crippen LogP contribution < -0.4 is 5.73 Å². The van der Waals surface area contributed by atoms with E-state index in [-0.39, 0.29) is 0 Å². The number of hydrogen-bond acceptors (Lipinski definition) is 2. The minimum absolute atomic E-state index is 0.418. The van der Waals surface area contributed by atoms with Crippen molar-refractivity contribution in [2.45, 2.75) is 46.6 Å². The maximum absolute atomic E-state index is 5.97.